The first-order valence-electron chi connectivity index (χ1n) is 9.53. The van der Waals surface area contributed by atoms with Gasteiger partial charge < -0.3 is 9.47 Å². The number of benzene rings is 1. The van der Waals surface area contributed by atoms with Gasteiger partial charge in [-0.3, -0.25) is 4.79 Å². The molecule has 0 saturated heterocycles. The van der Waals surface area contributed by atoms with Gasteiger partial charge in [-0.1, -0.05) is 37.7 Å². The molecule has 0 radical (unpaired) electrons. The van der Waals surface area contributed by atoms with Crippen LogP contribution in [0.2, 0.25) is 0 Å². The van der Waals surface area contributed by atoms with Crippen LogP contribution in [0.4, 0.5) is 0 Å². The lowest BCUT2D eigenvalue weighted by atomic mass is 10.1. The van der Waals surface area contributed by atoms with E-state index in [1.165, 1.54) is 10.4 Å². The Hall–Kier alpha value is -1.79. The van der Waals surface area contributed by atoms with Crippen molar-refractivity contribution in [2.75, 3.05) is 12.3 Å². The standard InChI is InChI=1S/C21H25N3OS2/c1-15(2)7-11-24-18-6-4-3-5-17(18)22-21(24)27-14-20(25)23-10-8-19-16(13-23)9-12-26-19/h3-6,9,12,15H,7-8,10-11,13-14H2,1-2H3. The van der Waals surface area contributed by atoms with Crippen LogP contribution in [0, 0.1) is 5.92 Å². The van der Waals surface area contributed by atoms with Crippen LogP contribution in [0.5, 0.6) is 0 Å². The van der Waals surface area contributed by atoms with E-state index in [2.05, 4.69) is 48.1 Å². The van der Waals surface area contributed by atoms with E-state index in [4.69, 9.17) is 4.98 Å². The highest BCUT2D eigenvalue weighted by Gasteiger charge is 2.22. The second-order valence-corrected chi connectivity index (χ2v) is 9.38. The first-order chi connectivity index (χ1) is 13.1. The number of thioether (sulfide) groups is 1. The van der Waals surface area contributed by atoms with Crippen LogP contribution in [0.15, 0.2) is 40.9 Å². The third-order valence-electron chi connectivity index (χ3n) is 5.03. The number of imidazole rings is 1. The van der Waals surface area contributed by atoms with Crippen LogP contribution >= 0.6 is 23.1 Å². The monoisotopic (exact) mass is 399 g/mol. The Kier molecular flexibility index (Phi) is 5.55. The lowest BCUT2D eigenvalue weighted by molar-refractivity contribution is -0.129. The predicted molar refractivity (Wildman–Crippen MR) is 113 cm³/mol. The molecule has 6 heteroatoms. The van der Waals surface area contributed by atoms with Gasteiger partial charge >= 0.3 is 0 Å². The van der Waals surface area contributed by atoms with Crippen LogP contribution in [-0.4, -0.2) is 32.7 Å². The highest BCUT2D eigenvalue weighted by molar-refractivity contribution is 7.99. The van der Waals surface area contributed by atoms with Crippen LogP contribution < -0.4 is 0 Å². The number of amides is 1. The van der Waals surface area contributed by atoms with Crippen molar-refractivity contribution in [3.05, 3.63) is 46.2 Å². The molecule has 0 bridgehead atoms. The summed E-state index contributed by atoms with van der Waals surface area (Å²) in [6.45, 7) is 7.00. The van der Waals surface area contributed by atoms with Crippen molar-refractivity contribution in [3.63, 3.8) is 0 Å². The highest BCUT2D eigenvalue weighted by Crippen LogP contribution is 2.27. The van der Waals surface area contributed by atoms with Crippen molar-refractivity contribution < 1.29 is 4.79 Å². The van der Waals surface area contributed by atoms with Crippen molar-refractivity contribution in [1.29, 1.82) is 0 Å². The fourth-order valence-electron chi connectivity index (χ4n) is 3.45. The summed E-state index contributed by atoms with van der Waals surface area (Å²) >= 11 is 3.38. The summed E-state index contributed by atoms with van der Waals surface area (Å²) in [5, 5.41) is 3.09. The van der Waals surface area contributed by atoms with Gasteiger partial charge in [0.05, 0.1) is 16.8 Å². The maximum Gasteiger partial charge on any atom is 0.233 e. The lowest BCUT2D eigenvalue weighted by Gasteiger charge is -2.26. The van der Waals surface area contributed by atoms with Gasteiger partial charge in [0.25, 0.3) is 0 Å². The first kappa shape index (κ1) is 18.6. The lowest BCUT2D eigenvalue weighted by Crippen LogP contribution is -2.36. The third kappa shape index (κ3) is 4.06. The van der Waals surface area contributed by atoms with Gasteiger partial charge in [0.15, 0.2) is 5.16 Å². The number of hydrogen-bond donors (Lipinski definition) is 0. The summed E-state index contributed by atoms with van der Waals surface area (Å²) in [7, 11) is 0. The topological polar surface area (TPSA) is 38.1 Å². The van der Waals surface area contributed by atoms with Crippen molar-refractivity contribution in [2.45, 2.75) is 44.9 Å². The molecule has 0 atom stereocenters. The summed E-state index contributed by atoms with van der Waals surface area (Å²) in [5.41, 5.74) is 3.49. The maximum absolute atomic E-state index is 12.8. The average molecular weight is 400 g/mol. The van der Waals surface area contributed by atoms with Gasteiger partial charge in [0.2, 0.25) is 5.91 Å². The molecule has 0 fully saturated rings. The van der Waals surface area contributed by atoms with E-state index < -0.39 is 0 Å². The third-order valence-corrected chi connectivity index (χ3v) is 7.02. The van der Waals surface area contributed by atoms with Crippen molar-refractivity contribution in [2.24, 2.45) is 5.92 Å². The number of para-hydroxylation sites is 2. The number of carbonyl (C=O) groups excluding carboxylic acids is 1. The minimum absolute atomic E-state index is 0.208. The summed E-state index contributed by atoms with van der Waals surface area (Å²) in [6.07, 6.45) is 2.09. The molecule has 1 aliphatic heterocycles. The van der Waals surface area contributed by atoms with E-state index in [0.29, 0.717) is 11.7 Å². The molecule has 0 aliphatic carbocycles. The zero-order chi connectivity index (χ0) is 18.8. The zero-order valence-corrected chi connectivity index (χ0v) is 17.5. The Bertz CT molecular complexity index is 944. The summed E-state index contributed by atoms with van der Waals surface area (Å²) in [6, 6.07) is 10.4. The van der Waals surface area contributed by atoms with Gasteiger partial charge in [0, 0.05) is 24.5 Å². The van der Waals surface area contributed by atoms with E-state index in [-0.39, 0.29) is 5.91 Å². The number of fused-ring (bicyclic) bond motifs is 2. The summed E-state index contributed by atoms with van der Waals surface area (Å²) < 4.78 is 2.28. The molecule has 4 rings (SSSR count). The van der Waals surface area contributed by atoms with E-state index in [9.17, 15) is 4.79 Å². The Morgan fingerprint density at radius 2 is 2.15 bits per heavy atom. The molecule has 142 valence electrons. The van der Waals surface area contributed by atoms with E-state index in [1.807, 2.05) is 11.0 Å². The number of rotatable bonds is 6. The molecule has 0 unspecified atom stereocenters. The minimum atomic E-state index is 0.208. The van der Waals surface area contributed by atoms with Gasteiger partial charge in [-0.05, 0) is 47.9 Å². The molecule has 3 aromatic rings. The number of thiophene rings is 1. The molecule has 0 spiro atoms. The smallest absolute Gasteiger partial charge is 0.233 e. The van der Waals surface area contributed by atoms with Gasteiger partial charge in [-0.25, -0.2) is 4.98 Å². The molecule has 27 heavy (non-hydrogen) atoms. The second kappa shape index (κ2) is 8.07. The quantitative estimate of drug-likeness (QED) is 0.558. The fraction of sp³-hybridized carbons (Fsp3) is 0.429. The number of nitrogens with zero attached hydrogens (tertiary/aromatic N) is 3. The van der Waals surface area contributed by atoms with Crippen molar-refractivity contribution >= 4 is 40.0 Å². The van der Waals surface area contributed by atoms with E-state index in [1.54, 1.807) is 23.1 Å². The largest absolute Gasteiger partial charge is 0.337 e. The Labute approximate surface area is 168 Å². The molecule has 4 nitrogen and oxygen atoms in total. The Balaban J connectivity index is 1.46. The van der Waals surface area contributed by atoms with E-state index in [0.717, 1.165) is 48.7 Å². The maximum atomic E-state index is 12.8. The number of aryl methyl sites for hydroxylation is 1. The van der Waals surface area contributed by atoms with Crippen molar-refractivity contribution in [1.82, 2.24) is 14.5 Å². The highest BCUT2D eigenvalue weighted by atomic mass is 32.2. The molecule has 1 aliphatic rings. The normalized spacial score (nSPS) is 14.1. The zero-order valence-electron chi connectivity index (χ0n) is 15.9. The van der Waals surface area contributed by atoms with Gasteiger partial charge in [-0.2, -0.15) is 0 Å². The van der Waals surface area contributed by atoms with Crippen LogP contribution in [0.25, 0.3) is 11.0 Å². The molecule has 3 heterocycles. The van der Waals surface area contributed by atoms with Crippen LogP contribution in [0.3, 0.4) is 0 Å². The molecule has 0 saturated carbocycles. The molecule has 1 amide bonds. The van der Waals surface area contributed by atoms with Gasteiger partial charge in [0.1, 0.15) is 0 Å². The molecular weight excluding hydrogens is 374 g/mol. The minimum Gasteiger partial charge on any atom is -0.337 e. The fourth-order valence-corrected chi connectivity index (χ4v) is 5.28. The average Bonchev–Trinajstić information content (AvgIpc) is 3.27. The predicted octanol–water partition coefficient (Wildman–Crippen LogP) is 4.82. The number of aromatic nitrogens is 2. The SMILES string of the molecule is CC(C)CCn1c(SCC(=O)N2CCc3sccc3C2)nc2ccccc21. The summed E-state index contributed by atoms with van der Waals surface area (Å²) in [4.78, 5) is 21.0. The second-order valence-electron chi connectivity index (χ2n) is 7.44. The van der Waals surface area contributed by atoms with Crippen LogP contribution in [0.1, 0.15) is 30.7 Å². The number of hydrogen-bond acceptors (Lipinski definition) is 4. The molecular formula is C21H25N3OS2. The first-order valence-corrected chi connectivity index (χ1v) is 11.4. The molecule has 2 aromatic heterocycles. The molecule has 1 aromatic carbocycles. The number of carbonyl (C=O) groups is 1. The Morgan fingerprint density at radius 3 is 3.00 bits per heavy atom. The van der Waals surface area contributed by atoms with Crippen molar-refractivity contribution in [3.8, 4) is 0 Å². The Morgan fingerprint density at radius 1 is 1.30 bits per heavy atom. The van der Waals surface area contributed by atoms with Crippen LogP contribution in [-0.2, 0) is 24.3 Å². The molecule has 0 N–H and O–H groups in total. The van der Waals surface area contributed by atoms with E-state index >= 15 is 0 Å². The summed E-state index contributed by atoms with van der Waals surface area (Å²) in [5.74, 6) is 1.29. The van der Waals surface area contributed by atoms with Gasteiger partial charge in [-0.15, -0.1) is 11.3 Å².